The first-order valence-electron chi connectivity index (χ1n) is 6.24. The number of carbonyl (C=O) groups is 2. The number of amides is 2. The summed E-state index contributed by atoms with van der Waals surface area (Å²) in [5, 5.41) is 5.54. The fraction of sp³-hybridized carbons (Fsp3) is 0.833. The molecular weight excluding hydrogens is 218 g/mol. The Morgan fingerprint density at radius 1 is 1.06 bits per heavy atom. The zero-order valence-corrected chi connectivity index (χ0v) is 11.1. The Morgan fingerprint density at radius 3 is 2.06 bits per heavy atom. The van der Waals surface area contributed by atoms with Gasteiger partial charge in [-0.25, -0.2) is 0 Å². The van der Waals surface area contributed by atoms with E-state index in [1.165, 1.54) is 0 Å². The molecule has 0 aliphatic heterocycles. The quantitative estimate of drug-likeness (QED) is 0.534. The molecule has 0 spiro atoms. The molecule has 0 radical (unpaired) electrons. The molecule has 0 fully saturated rings. The van der Waals surface area contributed by atoms with Gasteiger partial charge in [-0.15, -0.1) is 0 Å². The summed E-state index contributed by atoms with van der Waals surface area (Å²) in [7, 11) is 0. The van der Waals surface area contributed by atoms with Gasteiger partial charge in [0.15, 0.2) is 0 Å². The van der Waals surface area contributed by atoms with Gasteiger partial charge in [-0.3, -0.25) is 9.59 Å². The molecule has 0 bridgehead atoms. The summed E-state index contributed by atoms with van der Waals surface area (Å²) in [6.45, 7) is 7.13. The number of rotatable bonds is 8. The summed E-state index contributed by atoms with van der Waals surface area (Å²) in [5.74, 6) is 0.00112. The average Bonchev–Trinajstić information content (AvgIpc) is 2.30. The van der Waals surface area contributed by atoms with Crippen molar-refractivity contribution in [1.82, 2.24) is 10.6 Å². The standard InChI is InChI=1S/C12H25N3O2/c1-9(2)11(16)14-7-8-15-12(17)10(3)5-4-6-13/h9-10H,4-8,13H2,1-3H3,(H,14,16)(H,15,17). The van der Waals surface area contributed by atoms with Crippen LogP contribution in [0, 0.1) is 11.8 Å². The van der Waals surface area contributed by atoms with Crippen molar-refractivity contribution in [2.45, 2.75) is 33.6 Å². The maximum Gasteiger partial charge on any atom is 0.222 e. The van der Waals surface area contributed by atoms with Crippen LogP contribution in [0.4, 0.5) is 0 Å². The molecule has 0 rings (SSSR count). The van der Waals surface area contributed by atoms with Crippen LogP contribution in [-0.2, 0) is 9.59 Å². The van der Waals surface area contributed by atoms with Gasteiger partial charge in [0.1, 0.15) is 0 Å². The molecule has 2 amide bonds. The van der Waals surface area contributed by atoms with E-state index in [2.05, 4.69) is 10.6 Å². The lowest BCUT2D eigenvalue weighted by atomic mass is 10.1. The summed E-state index contributed by atoms with van der Waals surface area (Å²) in [6, 6.07) is 0. The Morgan fingerprint density at radius 2 is 1.59 bits per heavy atom. The number of hydrogen-bond donors (Lipinski definition) is 3. The second-order valence-corrected chi connectivity index (χ2v) is 4.57. The molecule has 0 aromatic rings. The van der Waals surface area contributed by atoms with Crippen LogP contribution in [0.3, 0.4) is 0 Å². The zero-order valence-electron chi connectivity index (χ0n) is 11.1. The van der Waals surface area contributed by atoms with Gasteiger partial charge in [-0.2, -0.15) is 0 Å². The summed E-state index contributed by atoms with van der Waals surface area (Å²) in [4.78, 5) is 22.8. The molecule has 1 unspecified atom stereocenters. The molecule has 0 aliphatic rings. The van der Waals surface area contributed by atoms with Gasteiger partial charge >= 0.3 is 0 Å². The predicted molar refractivity (Wildman–Crippen MR) is 68.3 cm³/mol. The first-order chi connectivity index (χ1) is 7.99. The minimum atomic E-state index is -0.0193. The van der Waals surface area contributed by atoms with Gasteiger partial charge in [0, 0.05) is 24.9 Å². The monoisotopic (exact) mass is 243 g/mol. The highest BCUT2D eigenvalue weighted by Gasteiger charge is 2.11. The van der Waals surface area contributed by atoms with Crippen LogP contribution < -0.4 is 16.4 Å². The fourth-order valence-electron chi connectivity index (χ4n) is 1.30. The first kappa shape index (κ1) is 15.9. The molecule has 1 atom stereocenters. The number of nitrogens with two attached hydrogens (primary N) is 1. The second kappa shape index (κ2) is 8.98. The minimum absolute atomic E-state index is 0.00966. The molecule has 4 N–H and O–H groups in total. The Balaban J connectivity index is 3.60. The van der Waals surface area contributed by atoms with Gasteiger partial charge < -0.3 is 16.4 Å². The summed E-state index contributed by atoms with van der Waals surface area (Å²) >= 11 is 0. The summed E-state index contributed by atoms with van der Waals surface area (Å²) in [6.07, 6.45) is 1.67. The van der Waals surface area contributed by atoms with Gasteiger partial charge in [0.2, 0.25) is 11.8 Å². The van der Waals surface area contributed by atoms with Crippen LogP contribution in [0.5, 0.6) is 0 Å². The maximum absolute atomic E-state index is 11.6. The maximum atomic E-state index is 11.6. The van der Waals surface area contributed by atoms with Crippen LogP contribution in [0.1, 0.15) is 33.6 Å². The van der Waals surface area contributed by atoms with E-state index in [0.29, 0.717) is 19.6 Å². The lowest BCUT2D eigenvalue weighted by molar-refractivity contribution is -0.126. The van der Waals surface area contributed by atoms with E-state index in [0.717, 1.165) is 12.8 Å². The SMILES string of the molecule is CC(C)C(=O)NCCNC(=O)C(C)CCCN. The fourth-order valence-corrected chi connectivity index (χ4v) is 1.30. The molecule has 0 heterocycles. The van der Waals surface area contributed by atoms with E-state index in [1.54, 1.807) is 0 Å². The molecule has 0 saturated carbocycles. The molecule has 5 nitrogen and oxygen atoms in total. The van der Waals surface area contributed by atoms with Crippen molar-refractivity contribution in [2.24, 2.45) is 17.6 Å². The van der Waals surface area contributed by atoms with E-state index in [9.17, 15) is 9.59 Å². The van der Waals surface area contributed by atoms with E-state index in [1.807, 2.05) is 20.8 Å². The Hall–Kier alpha value is -1.10. The molecule has 0 aromatic heterocycles. The predicted octanol–water partition coefficient (Wildman–Crippen LogP) is 0.250. The molecular formula is C12H25N3O2. The van der Waals surface area contributed by atoms with E-state index in [-0.39, 0.29) is 23.7 Å². The minimum Gasteiger partial charge on any atom is -0.354 e. The summed E-state index contributed by atoms with van der Waals surface area (Å²) in [5.41, 5.74) is 5.38. The van der Waals surface area contributed by atoms with Crippen molar-refractivity contribution in [3.63, 3.8) is 0 Å². The van der Waals surface area contributed by atoms with Gasteiger partial charge in [0.25, 0.3) is 0 Å². The smallest absolute Gasteiger partial charge is 0.222 e. The Bertz CT molecular complexity index is 242. The van der Waals surface area contributed by atoms with Crippen LogP contribution in [0.25, 0.3) is 0 Å². The molecule has 0 aromatic carbocycles. The molecule has 5 heteroatoms. The normalized spacial score (nSPS) is 12.3. The average molecular weight is 243 g/mol. The van der Waals surface area contributed by atoms with E-state index < -0.39 is 0 Å². The van der Waals surface area contributed by atoms with Crippen molar-refractivity contribution in [1.29, 1.82) is 0 Å². The van der Waals surface area contributed by atoms with E-state index in [4.69, 9.17) is 5.73 Å². The topological polar surface area (TPSA) is 84.2 Å². The van der Waals surface area contributed by atoms with Crippen LogP contribution in [0.15, 0.2) is 0 Å². The van der Waals surface area contributed by atoms with Crippen LogP contribution in [0.2, 0.25) is 0 Å². The third-order valence-electron chi connectivity index (χ3n) is 2.54. The Kier molecular flexibility index (Phi) is 8.40. The largest absolute Gasteiger partial charge is 0.354 e. The third-order valence-corrected chi connectivity index (χ3v) is 2.54. The number of carbonyl (C=O) groups excluding carboxylic acids is 2. The van der Waals surface area contributed by atoms with Crippen LogP contribution >= 0.6 is 0 Å². The first-order valence-corrected chi connectivity index (χ1v) is 6.24. The lowest BCUT2D eigenvalue weighted by Gasteiger charge is -2.12. The van der Waals surface area contributed by atoms with Gasteiger partial charge in [0.05, 0.1) is 0 Å². The molecule has 17 heavy (non-hydrogen) atoms. The molecule has 100 valence electrons. The molecule has 0 saturated heterocycles. The highest BCUT2D eigenvalue weighted by atomic mass is 16.2. The number of nitrogens with one attached hydrogen (secondary N) is 2. The highest BCUT2D eigenvalue weighted by molar-refractivity contribution is 5.79. The second-order valence-electron chi connectivity index (χ2n) is 4.57. The van der Waals surface area contributed by atoms with Crippen molar-refractivity contribution < 1.29 is 9.59 Å². The van der Waals surface area contributed by atoms with Crippen molar-refractivity contribution >= 4 is 11.8 Å². The van der Waals surface area contributed by atoms with Crippen molar-refractivity contribution in [2.75, 3.05) is 19.6 Å². The lowest BCUT2D eigenvalue weighted by Crippen LogP contribution is -2.38. The zero-order chi connectivity index (χ0) is 13.3. The Labute approximate surface area is 104 Å². The number of hydrogen-bond acceptors (Lipinski definition) is 3. The van der Waals surface area contributed by atoms with Crippen molar-refractivity contribution in [3.05, 3.63) is 0 Å². The summed E-state index contributed by atoms with van der Waals surface area (Å²) < 4.78 is 0. The van der Waals surface area contributed by atoms with Gasteiger partial charge in [-0.05, 0) is 19.4 Å². The van der Waals surface area contributed by atoms with E-state index >= 15 is 0 Å². The highest BCUT2D eigenvalue weighted by Crippen LogP contribution is 2.03. The third kappa shape index (κ3) is 7.74. The molecule has 0 aliphatic carbocycles. The van der Waals surface area contributed by atoms with Gasteiger partial charge in [-0.1, -0.05) is 20.8 Å². The van der Waals surface area contributed by atoms with Crippen LogP contribution in [-0.4, -0.2) is 31.4 Å². The van der Waals surface area contributed by atoms with Crippen molar-refractivity contribution in [3.8, 4) is 0 Å².